The molecule has 0 radical (unpaired) electrons. The number of nitrogen functional groups attached to an aromatic ring is 2. The van der Waals surface area contributed by atoms with E-state index in [4.69, 9.17) is 11.5 Å². The van der Waals surface area contributed by atoms with Crippen LogP contribution >= 0.6 is 11.8 Å². The van der Waals surface area contributed by atoms with Crippen molar-refractivity contribution < 1.29 is 0 Å². The molecule has 1 aliphatic rings. The Morgan fingerprint density at radius 1 is 1.33 bits per heavy atom. The molecule has 18 heavy (non-hydrogen) atoms. The summed E-state index contributed by atoms with van der Waals surface area (Å²) in [7, 11) is 0. The molecule has 1 aromatic heterocycles. The maximum atomic E-state index is 9.18. The fraction of sp³-hybridized carbons (Fsp3) is 0.583. The summed E-state index contributed by atoms with van der Waals surface area (Å²) in [6.45, 7) is 2.22. The minimum atomic E-state index is 0.0671. The summed E-state index contributed by atoms with van der Waals surface area (Å²) in [6.07, 6.45) is 3.09. The van der Waals surface area contributed by atoms with Crippen LogP contribution in [0.3, 0.4) is 0 Å². The van der Waals surface area contributed by atoms with E-state index >= 15 is 0 Å². The molecule has 0 aromatic carbocycles. The topological polar surface area (TPSA) is 102 Å². The molecule has 4 N–H and O–H groups in total. The zero-order valence-electron chi connectivity index (χ0n) is 10.3. The van der Waals surface area contributed by atoms with Crippen molar-refractivity contribution in [1.29, 1.82) is 5.26 Å². The summed E-state index contributed by atoms with van der Waals surface area (Å²) in [5.41, 5.74) is 11.3. The molecule has 1 heterocycles. The zero-order valence-corrected chi connectivity index (χ0v) is 11.2. The molecular formula is C12H17N5S. The molecule has 96 valence electrons. The molecule has 0 spiro atoms. The van der Waals surface area contributed by atoms with Crippen LogP contribution in [0.2, 0.25) is 0 Å². The summed E-state index contributed by atoms with van der Waals surface area (Å²) in [4.78, 5) is 8.32. The number of hydrogen-bond donors (Lipinski definition) is 2. The third-order valence-electron chi connectivity index (χ3n) is 3.22. The van der Waals surface area contributed by atoms with E-state index in [2.05, 4.69) is 23.0 Å². The van der Waals surface area contributed by atoms with Crippen LogP contribution in [0.25, 0.3) is 0 Å². The predicted molar refractivity (Wildman–Crippen MR) is 72.6 cm³/mol. The molecule has 2 rings (SSSR count). The van der Waals surface area contributed by atoms with Gasteiger partial charge in [0.05, 0.1) is 12.0 Å². The maximum Gasteiger partial charge on any atom is 0.191 e. The second-order valence-corrected chi connectivity index (χ2v) is 6.02. The fourth-order valence-corrected chi connectivity index (χ4v) is 3.63. The molecule has 0 bridgehead atoms. The van der Waals surface area contributed by atoms with Crippen LogP contribution in [0.5, 0.6) is 0 Å². The maximum absolute atomic E-state index is 9.18. The Hall–Kier alpha value is -1.48. The minimum absolute atomic E-state index is 0.0671. The summed E-state index contributed by atoms with van der Waals surface area (Å²) in [5.74, 6) is 1.47. The molecule has 6 heteroatoms. The van der Waals surface area contributed by atoms with Gasteiger partial charge in [-0.2, -0.15) is 5.26 Å². The van der Waals surface area contributed by atoms with Crippen LogP contribution < -0.4 is 11.5 Å². The van der Waals surface area contributed by atoms with Gasteiger partial charge in [0.25, 0.3) is 0 Å². The largest absolute Gasteiger partial charge is 0.383 e. The van der Waals surface area contributed by atoms with Gasteiger partial charge in [0, 0.05) is 11.3 Å². The third-order valence-corrected chi connectivity index (χ3v) is 4.44. The number of aromatic nitrogens is 2. The van der Waals surface area contributed by atoms with Crippen LogP contribution in [0.1, 0.15) is 26.2 Å². The first kappa shape index (κ1) is 13.0. The van der Waals surface area contributed by atoms with Gasteiger partial charge in [0.1, 0.15) is 11.6 Å². The first-order valence-corrected chi connectivity index (χ1v) is 6.92. The smallest absolute Gasteiger partial charge is 0.191 e. The molecular weight excluding hydrogens is 246 g/mol. The van der Waals surface area contributed by atoms with Crippen LogP contribution in [0.4, 0.5) is 11.6 Å². The molecule has 5 nitrogen and oxygen atoms in total. The summed E-state index contributed by atoms with van der Waals surface area (Å²) in [6, 6.07) is 3.92. The van der Waals surface area contributed by atoms with Gasteiger partial charge in [-0.25, -0.2) is 9.97 Å². The summed E-state index contributed by atoms with van der Waals surface area (Å²) < 4.78 is 0. The molecule has 0 aliphatic heterocycles. The molecule has 0 amide bonds. The van der Waals surface area contributed by atoms with Crippen molar-refractivity contribution in [3.8, 4) is 6.07 Å². The lowest BCUT2D eigenvalue weighted by molar-refractivity contribution is 0.345. The molecule has 3 atom stereocenters. The Morgan fingerprint density at radius 2 is 2.00 bits per heavy atom. The average molecular weight is 263 g/mol. The molecule has 3 unspecified atom stereocenters. The highest BCUT2D eigenvalue weighted by Crippen LogP contribution is 2.38. The minimum Gasteiger partial charge on any atom is -0.383 e. The van der Waals surface area contributed by atoms with Gasteiger partial charge < -0.3 is 11.5 Å². The molecule has 0 saturated heterocycles. The number of hydrogen-bond acceptors (Lipinski definition) is 6. The van der Waals surface area contributed by atoms with Gasteiger partial charge in [-0.3, -0.25) is 0 Å². The molecule has 1 saturated carbocycles. The third kappa shape index (κ3) is 3.05. The van der Waals surface area contributed by atoms with Gasteiger partial charge >= 0.3 is 0 Å². The van der Waals surface area contributed by atoms with Crippen molar-refractivity contribution in [2.45, 2.75) is 36.6 Å². The number of nitrogens with two attached hydrogens (primary N) is 2. The highest BCUT2D eigenvalue weighted by molar-refractivity contribution is 7.99. The van der Waals surface area contributed by atoms with Crippen molar-refractivity contribution in [2.24, 2.45) is 11.8 Å². The Kier molecular flexibility index (Phi) is 3.92. The van der Waals surface area contributed by atoms with Crippen molar-refractivity contribution >= 4 is 23.4 Å². The Morgan fingerprint density at radius 3 is 2.61 bits per heavy atom. The predicted octanol–water partition coefficient (Wildman–Crippen LogP) is 2.06. The Balaban J connectivity index is 2.13. The summed E-state index contributed by atoms with van der Waals surface area (Å²) >= 11 is 1.52. The molecule has 1 aromatic rings. The van der Waals surface area contributed by atoms with Crippen LogP contribution in [0.15, 0.2) is 11.2 Å². The first-order valence-electron chi connectivity index (χ1n) is 6.04. The van der Waals surface area contributed by atoms with E-state index in [1.807, 2.05) is 0 Å². The van der Waals surface area contributed by atoms with Crippen molar-refractivity contribution in [1.82, 2.24) is 9.97 Å². The molecule has 1 fully saturated rings. The lowest BCUT2D eigenvalue weighted by Crippen LogP contribution is -2.25. The van der Waals surface area contributed by atoms with E-state index < -0.39 is 0 Å². The Bertz CT molecular complexity index is 450. The summed E-state index contributed by atoms with van der Waals surface area (Å²) in [5, 5.41) is 9.99. The monoisotopic (exact) mass is 263 g/mol. The number of thioether (sulfide) groups is 1. The standard InChI is InChI=1S/C12H17N5S/c1-7-2-3-8(6-13)9(4-7)18-12-16-10(14)5-11(15)17-12/h5,7-9H,2-4H2,1H3,(H4,14,15,16,17). The van der Waals surface area contributed by atoms with Gasteiger partial charge in [-0.1, -0.05) is 18.7 Å². The van der Waals surface area contributed by atoms with Gasteiger partial charge in [-0.15, -0.1) is 0 Å². The highest BCUT2D eigenvalue weighted by Gasteiger charge is 2.30. The number of rotatable bonds is 2. The first-order chi connectivity index (χ1) is 8.58. The lowest BCUT2D eigenvalue weighted by Gasteiger charge is -2.29. The van der Waals surface area contributed by atoms with Crippen molar-refractivity contribution in [2.75, 3.05) is 11.5 Å². The number of anilines is 2. The van der Waals surface area contributed by atoms with Gasteiger partial charge in [-0.05, 0) is 25.2 Å². The fourth-order valence-electron chi connectivity index (χ4n) is 2.26. The molecule has 1 aliphatic carbocycles. The highest BCUT2D eigenvalue weighted by atomic mass is 32.2. The second-order valence-electron chi connectivity index (χ2n) is 4.81. The van der Waals surface area contributed by atoms with E-state index in [1.54, 1.807) is 0 Å². The van der Waals surface area contributed by atoms with Gasteiger partial charge in [0.15, 0.2) is 5.16 Å². The zero-order chi connectivity index (χ0) is 13.1. The number of nitrogens with zero attached hydrogens (tertiary/aromatic N) is 3. The van der Waals surface area contributed by atoms with Crippen molar-refractivity contribution in [3.63, 3.8) is 0 Å². The quantitative estimate of drug-likeness (QED) is 0.792. The van der Waals surface area contributed by atoms with Crippen LogP contribution in [-0.2, 0) is 0 Å². The van der Waals surface area contributed by atoms with E-state index in [0.717, 1.165) is 19.3 Å². The van der Waals surface area contributed by atoms with E-state index in [1.165, 1.54) is 17.8 Å². The SMILES string of the molecule is CC1CCC(C#N)C(Sc2nc(N)cc(N)n2)C1. The lowest BCUT2D eigenvalue weighted by atomic mass is 9.83. The van der Waals surface area contributed by atoms with E-state index in [-0.39, 0.29) is 11.2 Å². The number of nitriles is 1. The van der Waals surface area contributed by atoms with Crippen LogP contribution in [0, 0.1) is 23.2 Å². The van der Waals surface area contributed by atoms with E-state index in [9.17, 15) is 5.26 Å². The normalized spacial score (nSPS) is 27.7. The second kappa shape index (κ2) is 5.44. The van der Waals surface area contributed by atoms with Crippen molar-refractivity contribution in [3.05, 3.63) is 6.07 Å². The Labute approximate surface area is 111 Å². The average Bonchev–Trinajstić information content (AvgIpc) is 2.27. The van der Waals surface area contributed by atoms with Crippen LogP contribution in [-0.4, -0.2) is 15.2 Å². The van der Waals surface area contributed by atoms with Gasteiger partial charge in [0.2, 0.25) is 0 Å². The van der Waals surface area contributed by atoms with E-state index in [0.29, 0.717) is 22.7 Å².